The van der Waals surface area contributed by atoms with Crippen LogP contribution in [0.2, 0.25) is 0 Å². The zero-order valence-electron chi connectivity index (χ0n) is 9.56. The summed E-state index contributed by atoms with van der Waals surface area (Å²) in [4.78, 5) is 18.8. The summed E-state index contributed by atoms with van der Waals surface area (Å²) >= 11 is 3.35. The second-order valence-corrected chi connectivity index (χ2v) is 5.05. The number of nitrogens with zero attached hydrogens (tertiary/aromatic N) is 2. The van der Waals surface area contributed by atoms with E-state index in [1.807, 2.05) is 6.07 Å². The summed E-state index contributed by atoms with van der Waals surface area (Å²) in [6.07, 6.45) is 1.57. The highest BCUT2D eigenvalue weighted by Gasteiger charge is 2.18. The minimum Gasteiger partial charge on any atom is -0.376 e. The molecule has 1 aliphatic heterocycles. The first-order valence-corrected chi connectivity index (χ1v) is 6.47. The van der Waals surface area contributed by atoms with E-state index in [9.17, 15) is 4.79 Å². The Morgan fingerprint density at radius 1 is 1.56 bits per heavy atom. The van der Waals surface area contributed by atoms with Crippen molar-refractivity contribution in [2.45, 2.75) is 12.6 Å². The maximum absolute atomic E-state index is 11.9. The molecule has 1 N–H and O–H groups in total. The molecule has 7 heteroatoms. The molecule has 1 saturated heterocycles. The van der Waals surface area contributed by atoms with Crippen molar-refractivity contribution >= 4 is 27.1 Å². The largest absolute Gasteiger partial charge is 0.376 e. The van der Waals surface area contributed by atoms with Gasteiger partial charge in [0, 0.05) is 10.7 Å². The minimum atomic E-state index is -0.176. The van der Waals surface area contributed by atoms with Crippen LogP contribution < -0.4 is 5.69 Å². The van der Waals surface area contributed by atoms with Gasteiger partial charge in [-0.05, 0) is 22.0 Å². The summed E-state index contributed by atoms with van der Waals surface area (Å²) in [6.45, 7) is 2.17. The molecule has 2 aromatic rings. The molecule has 18 heavy (non-hydrogen) atoms. The summed E-state index contributed by atoms with van der Waals surface area (Å²) in [7, 11) is 0. The van der Waals surface area contributed by atoms with Crippen LogP contribution in [-0.4, -0.2) is 40.5 Å². The molecule has 3 rings (SSSR count). The van der Waals surface area contributed by atoms with Gasteiger partial charge >= 0.3 is 5.69 Å². The summed E-state index contributed by atoms with van der Waals surface area (Å²) in [6, 6.07) is 1.86. The Hall–Kier alpha value is -1.18. The molecular formula is C11H12BrN3O3. The summed E-state index contributed by atoms with van der Waals surface area (Å²) in [5, 5.41) is 0. The molecule has 96 valence electrons. The number of hydrogen-bond acceptors (Lipinski definition) is 4. The van der Waals surface area contributed by atoms with Crippen LogP contribution in [0.25, 0.3) is 11.2 Å². The number of H-pyrrole nitrogens is 1. The third kappa shape index (κ3) is 2.21. The Kier molecular flexibility index (Phi) is 3.19. The van der Waals surface area contributed by atoms with Crippen molar-refractivity contribution in [1.29, 1.82) is 0 Å². The van der Waals surface area contributed by atoms with Gasteiger partial charge in [0.25, 0.3) is 0 Å². The lowest BCUT2D eigenvalue weighted by molar-refractivity contribution is -0.0935. The van der Waals surface area contributed by atoms with Crippen LogP contribution >= 0.6 is 15.9 Å². The Balaban J connectivity index is 1.97. The molecule has 0 saturated carbocycles. The van der Waals surface area contributed by atoms with E-state index < -0.39 is 0 Å². The number of ether oxygens (including phenoxy) is 2. The SMILES string of the molecule is O=c1[nH]c2ncc(Br)cc2n1C[C@H]1COCCO1. The molecule has 0 radical (unpaired) electrons. The number of halogens is 1. The fourth-order valence-electron chi connectivity index (χ4n) is 2.04. The van der Waals surface area contributed by atoms with Crippen molar-refractivity contribution in [1.82, 2.24) is 14.5 Å². The van der Waals surface area contributed by atoms with Gasteiger partial charge < -0.3 is 9.47 Å². The third-order valence-corrected chi connectivity index (χ3v) is 3.30. The van der Waals surface area contributed by atoms with Crippen LogP contribution in [0.5, 0.6) is 0 Å². The van der Waals surface area contributed by atoms with Crippen molar-refractivity contribution < 1.29 is 9.47 Å². The van der Waals surface area contributed by atoms with Crippen molar-refractivity contribution in [2.24, 2.45) is 0 Å². The summed E-state index contributed by atoms with van der Waals surface area (Å²) in [5.41, 5.74) is 1.17. The van der Waals surface area contributed by atoms with Gasteiger partial charge in [-0.3, -0.25) is 9.55 Å². The molecule has 0 spiro atoms. The average molecular weight is 314 g/mol. The van der Waals surface area contributed by atoms with Crippen molar-refractivity contribution in [3.05, 3.63) is 27.2 Å². The maximum Gasteiger partial charge on any atom is 0.327 e. The first-order valence-electron chi connectivity index (χ1n) is 5.67. The van der Waals surface area contributed by atoms with Crippen LogP contribution in [-0.2, 0) is 16.0 Å². The van der Waals surface area contributed by atoms with Gasteiger partial charge in [-0.1, -0.05) is 0 Å². The zero-order chi connectivity index (χ0) is 12.5. The monoisotopic (exact) mass is 313 g/mol. The second-order valence-electron chi connectivity index (χ2n) is 4.13. The van der Waals surface area contributed by atoms with Gasteiger partial charge in [0.05, 0.1) is 38.0 Å². The first-order chi connectivity index (χ1) is 8.74. The molecule has 1 atom stereocenters. The first kappa shape index (κ1) is 11.9. The van der Waals surface area contributed by atoms with Gasteiger partial charge in [-0.15, -0.1) is 0 Å². The van der Waals surface area contributed by atoms with Crippen LogP contribution in [0.15, 0.2) is 21.5 Å². The number of aromatic amines is 1. The van der Waals surface area contributed by atoms with Gasteiger partial charge in [0.2, 0.25) is 0 Å². The Bertz CT molecular complexity index is 616. The Morgan fingerprint density at radius 2 is 2.44 bits per heavy atom. The number of nitrogens with one attached hydrogen (secondary N) is 1. The molecule has 0 aliphatic carbocycles. The van der Waals surface area contributed by atoms with E-state index in [2.05, 4.69) is 25.9 Å². The average Bonchev–Trinajstić information content (AvgIpc) is 2.67. The molecule has 0 unspecified atom stereocenters. The van der Waals surface area contributed by atoms with E-state index in [-0.39, 0.29) is 11.8 Å². The highest BCUT2D eigenvalue weighted by atomic mass is 79.9. The molecule has 2 aromatic heterocycles. The number of aromatic nitrogens is 3. The van der Waals surface area contributed by atoms with Gasteiger partial charge in [0.15, 0.2) is 5.65 Å². The molecule has 6 nitrogen and oxygen atoms in total. The van der Waals surface area contributed by atoms with Crippen molar-refractivity contribution in [3.63, 3.8) is 0 Å². The number of fused-ring (bicyclic) bond motifs is 1. The standard InChI is InChI=1S/C11H12BrN3O3/c12-7-3-9-10(13-4-7)14-11(16)15(9)5-8-6-17-1-2-18-8/h3-4,8H,1-2,5-6H2,(H,13,14,16)/t8-/m0/s1. The molecule has 0 aromatic carbocycles. The smallest absolute Gasteiger partial charge is 0.327 e. The summed E-state index contributed by atoms with van der Waals surface area (Å²) in [5.74, 6) is 0. The summed E-state index contributed by atoms with van der Waals surface area (Å²) < 4.78 is 13.4. The highest BCUT2D eigenvalue weighted by Crippen LogP contribution is 2.15. The van der Waals surface area contributed by atoms with Crippen LogP contribution in [0.4, 0.5) is 0 Å². The number of imidazole rings is 1. The number of rotatable bonds is 2. The van der Waals surface area contributed by atoms with E-state index >= 15 is 0 Å². The van der Waals surface area contributed by atoms with Crippen molar-refractivity contribution in [2.75, 3.05) is 19.8 Å². The predicted octanol–water partition coefficient (Wildman–Crippen LogP) is 0.903. The Morgan fingerprint density at radius 3 is 3.22 bits per heavy atom. The van der Waals surface area contributed by atoms with Gasteiger partial charge in [0.1, 0.15) is 0 Å². The topological polar surface area (TPSA) is 69.1 Å². The quantitative estimate of drug-likeness (QED) is 0.894. The van der Waals surface area contributed by atoms with E-state index in [1.165, 1.54) is 0 Å². The van der Waals surface area contributed by atoms with E-state index in [0.29, 0.717) is 32.0 Å². The Labute approximate surface area is 111 Å². The van der Waals surface area contributed by atoms with E-state index in [0.717, 1.165) is 9.99 Å². The van der Waals surface area contributed by atoms with Gasteiger partial charge in [-0.2, -0.15) is 0 Å². The minimum absolute atomic E-state index is 0.0885. The lowest BCUT2D eigenvalue weighted by Gasteiger charge is -2.23. The molecule has 3 heterocycles. The fraction of sp³-hybridized carbons (Fsp3) is 0.455. The van der Waals surface area contributed by atoms with Gasteiger partial charge in [-0.25, -0.2) is 9.78 Å². The van der Waals surface area contributed by atoms with Crippen molar-refractivity contribution in [3.8, 4) is 0 Å². The molecule has 0 amide bonds. The molecule has 0 bridgehead atoms. The lowest BCUT2D eigenvalue weighted by Crippen LogP contribution is -2.34. The second kappa shape index (κ2) is 4.83. The van der Waals surface area contributed by atoms with Crippen LogP contribution in [0.1, 0.15) is 0 Å². The van der Waals surface area contributed by atoms with Crippen LogP contribution in [0.3, 0.4) is 0 Å². The number of hydrogen-bond donors (Lipinski definition) is 1. The predicted molar refractivity (Wildman–Crippen MR) is 68.6 cm³/mol. The molecule has 1 fully saturated rings. The maximum atomic E-state index is 11.9. The zero-order valence-corrected chi connectivity index (χ0v) is 11.1. The van der Waals surface area contributed by atoms with E-state index in [1.54, 1.807) is 10.8 Å². The fourth-order valence-corrected chi connectivity index (χ4v) is 2.35. The third-order valence-electron chi connectivity index (χ3n) is 2.87. The lowest BCUT2D eigenvalue weighted by atomic mass is 10.3. The normalized spacial score (nSPS) is 20.4. The molecular weight excluding hydrogens is 302 g/mol. The highest BCUT2D eigenvalue weighted by molar-refractivity contribution is 9.10. The number of pyridine rings is 1. The molecule has 1 aliphatic rings. The van der Waals surface area contributed by atoms with E-state index in [4.69, 9.17) is 9.47 Å². The van der Waals surface area contributed by atoms with Crippen LogP contribution in [0, 0.1) is 0 Å².